The Kier molecular flexibility index (Phi) is 7.07. The van der Waals surface area contributed by atoms with Gasteiger partial charge >= 0.3 is 5.97 Å². The number of rotatable bonds is 8. The van der Waals surface area contributed by atoms with Gasteiger partial charge in [0.05, 0.1) is 18.7 Å². The Hall–Kier alpha value is -3.61. The molecule has 0 aliphatic heterocycles. The van der Waals surface area contributed by atoms with Crippen molar-refractivity contribution in [2.24, 2.45) is 0 Å². The van der Waals surface area contributed by atoms with Crippen LogP contribution in [0.25, 0.3) is 6.08 Å². The first-order valence-corrected chi connectivity index (χ1v) is 10.4. The molecule has 0 atom stereocenters. The number of ether oxygens (including phenoxy) is 1. The lowest BCUT2D eigenvalue weighted by Gasteiger charge is -2.06. The summed E-state index contributed by atoms with van der Waals surface area (Å²) in [5, 5.41) is 7.05. The lowest BCUT2D eigenvalue weighted by atomic mass is 10.1. The molecule has 0 spiro atoms. The third kappa shape index (κ3) is 5.12. The van der Waals surface area contributed by atoms with Crippen molar-refractivity contribution in [1.82, 2.24) is 14.3 Å². The van der Waals surface area contributed by atoms with Crippen molar-refractivity contribution in [2.45, 2.75) is 40.8 Å². The van der Waals surface area contributed by atoms with Gasteiger partial charge in [0.2, 0.25) is 5.91 Å². The van der Waals surface area contributed by atoms with Gasteiger partial charge < -0.3 is 14.6 Å². The number of anilines is 1. The average Bonchev–Trinajstić information content (AvgIpc) is 3.33. The van der Waals surface area contributed by atoms with E-state index >= 15 is 0 Å². The summed E-state index contributed by atoms with van der Waals surface area (Å²) in [6.45, 7) is 9.33. The Morgan fingerprint density at radius 2 is 1.87 bits per heavy atom. The molecule has 162 valence electrons. The summed E-state index contributed by atoms with van der Waals surface area (Å²) in [6.07, 6.45) is 6.77. The summed E-state index contributed by atoms with van der Waals surface area (Å²) in [6, 6.07) is 9.50. The molecular formula is C24H28N4O3. The van der Waals surface area contributed by atoms with Gasteiger partial charge in [-0.1, -0.05) is 12.1 Å². The van der Waals surface area contributed by atoms with Crippen LogP contribution >= 0.6 is 0 Å². The highest BCUT2D eigenvalue weighted by Gasteiger charge is 2.22. The number of benzene rings is 1. The highest BCUT2D eigenvalue weighted by molar-refractivity contribution is 6.03. The third-order valence-corrected chi connectivity index (χ3v) is 5.15. The van der Waals surface area contributed by atoms with Crippen molar-refractivity contribution in [1.29, 1.82) is 0 Å². The number of esters is 1. The van der Waals surface area contributed by atoms with E-state index in [1.165, 1.54) is 6.08 Å². The van der Waals surface area contributed by atoms with Gasteiger partial charge in [-0.25, -0.2) is 4.79 Å². The van der Waals surface area contributed by atoms with Crippen LogP contribution in [0.2, 0.25) is 0 Å². The molecule has 0 fully saturated rings. The lowest BCUT2D eigenvalue weighted by Crippen LogP contribution is -2.09. The number of aromatic nitrogens is 3. The Labute approximate surface area is 182 Å². The predicted molar refractivity (Wildman–Crippen MR) is 121 cm³/mol. The largest absolute Gasteiger partial charge is 0.462 e. The van der Waals surface area contributed by atoms with Crippen molar-refractivity contribution < 1.29 is 14.3 Å². The fourth-order valence-corrected chi connectivity index (χ4v) is 3.66. The van der Waals surface area contributed by atoms with Gasteiger partial charge in [0, 0.05) is 47.7 Å². The molecule has 2 heterocycles. The van der Waals surface area contributed by atoms with Crippen molar-refractivity contribution >= 4 is 23.6 Å². The number of carbonyl (C=O) groups is 2. The van der Waals surface area contributed by atoms with Crippen LogP contribution in [0.1, 0.15) is 46.7 Å². The number of hydrogen-bond donors (Lipinski definition) is 1. The molecule has 0 aliphatic rings. The summed E-state index contributed by atoms with van der Waals surface area (Å²) in [5.41, 5.74) is 4.77. The molecule has 2 aromatic heterocycles. The van der Waals surface area contributed by atoms with Crippen molar-refractivity contribution in [2.75, 3.05) is 11.9 Å². The maximum atomic E-state index is 12.5. The normalized spacial score (nSPS) is 11.1. The number of hydrogen-bond acceptors (Lipinski definition) is 4. The zero-order valence-corrected chi connectivity index (χ0v) is 18.4. The van der Waals surface area contributed by atoms with E-state index in [0.717, 1.165) is 23.5 Å². The molecule has 3 rings (SSSR count). The smallest absolute Gasteiger partial charge is 0.340 e. The summed E-state index contributed by atoms with van der Waals surface area (Å²) >= 11 is 0. The molecule has 1 amide bonds. The van der Waals surface area contributed by atoms with Gasteiger partial charge in [-0.3, -0.25) is 9.48 Å². The SMILES string of the molecule is CCOC(=O)c1c(C=CC(=O)Nc2ccc(Cn3cccn3)cc2)c(C)n(CC)c1C. The third-order valence-electron chi connectivity index (χ3n) is 5.15. The summed E-state index contributed by atoms with van der Waals surface area (Å²) in [5.74, 6) is -0.640. The second kappa shape index (κ2) is 9.93. The Bertz CT molecular complexity index is 1080. The molecule has 0 saturated heterocycles. The van der Waals surface area contributed by atoms with Crippen molar-refractivity contribution in [3.05, 3.63) is 76.9 Å². The molecule has 0 saturated carbocycles. The van der Waals surface area contributed by atoms with Gasteiger partial charge in [0.1, 0.15) is 0 Å². The van der Waals surface area contributed by atoms with Gasteiger partial charge in [0.15, 0.2) is 0 Å². The van der Waals surface area contributed by atoms with Gasteiger partial charge in [-0.15, -0.1) is 0 Å². The van der Waals surface area contributed by atoms with Gasteiger partial charge in [-0.2, -0.15) is 5.10 Å². The molecule has 1 aromatic carbocycles. The standard InChI is InChI=1S/C24H28N4O3/c1-5-28-17(3)21(23(18(28)4)24(30)31-6-2)12-13-22(29)26-20-10-8-19(9-11-20)16-27-15-7-14-25-27/h7-15H,5-6,16H2,1-4H3,(H,26,29). The topological polar surface area (TPSA) is 78.2 Å². The maximum absolute atomic E-state index is 12.5. The van der Waals surface area contributed by atoms with Gasteiger partial charge in [0.25, 0.3) is 0 Å². The molecule has 31 heavy (non-hydrogen) atoms. The second-order valence-corrected chi connectivity index (χ2v) is 7.15. The number of amides is 1. The second-order valence-electron chi connectivity index (χ2n) is 7.15. The Balaban J connectivity index is 1.73. The average molecular weight is 421 g/mol. The van der Waals surface area contributed by atoms with Crippen LogP contribution in [-0.4, -0.2) is 32.8 Å². The van der Waals surface area contributed by atoms with Crippen molar-refractivity contribution in [3.8, 4) is 0 Å². The molecule has 7 heteroatoms. The number of carbonyl (C=O) groups excluding carboxylic acids is 2. The van der Waals surface area contributed by atoms with Gasteiger partial charge in [-0.05, 0) is 57.5 Å². The Morgan fingerprint density at radius 1 is 1.13 bits per heavy atom. The van der Waals surface area contributed by atoms with E-state index in [2.05, 4.69) is 10.4 Å². The van der Waals surface area contributed by atoms with Crippen LogP contribution < -0.4 is 5.32 Å². The molecule has 0 radical (unpaired) electrons. The fourth-order valence-electron chi connectivity index (χ4n) is 3.66. The molecule has 7 nitrogen and oxygen atoms in total. The summed E-state index contributed by atoms with van der Waals surface area (Å²) in [7, 11) is 0. The first-order valence-electron chi connectivity index (χ1n) is 10.4. The first-order chi connectivity index (χ1) is 14.9. The highest BCUT2D eigenvalue weighted by atomic mass is 16.5. The number of nitrogens with zero attached hydrogens (tertiary/aromatic N) is 3. The van der Waals surface area contributed by atoms with E-state index < -0.39 is 0 Å². The lowest BCUT2D eigenvalue weighted by molar-refractivity contribution is -0.111. The van der Waals surface area contributed by atoms with Crippen LogP contribution in [0, 0.1) is 13.8 Å². The quantitative estimate of drug-likeness (QED) is 0.438. The molecule has 0 unspecified atom stereocenters. The monoisotopic (exact) mass is 420 g/mol. The molecule has 1 N–H and O–H groups in total. The molecular weight excluding hydrogens is 392 g/mol. The number of nitrogens with one attached hydrogen (secondary N) is 1. The van der Waals surface area contributed by atoms with E-state index in [-0.39, 0.29) is 11.9 Å². The van der Waals surface area contributed by atoms with Crippen LogP contribution in [0.15, 0.2) is 48.8 Å². The zero-order valence-electron chi connectivity index (χ0n) is 18.4. The van der Waals surface area contributed by atoms with Crippen LogP contribution in [0.3, 0.4) is 0 Å². The van der Waals surface area contributed by atoms with Crippen LogP contribution in [0.5, 0.6) is 0 Å². The fraction of sp³-hybridized carbons (Fsp3) is 0.292. The minimum atomic E-state index is -0.372. The minimum absolute atomic E-state index is 0.268. The van der Waals surface area contributed by atoms with E-state index in [0.29, 0.717) is 30.0 Å². The van der Waals surface area contributed by atoms with E-state index in [4.69, 9.17) is 4.74 Å². The first kappa shape index (κ1) is 22.1. The Morgan fingerprint density at radius 3 is 2.48 bits per heavy atom. The maximum Gasteiger partial charge on any atom is 0.340 e. The summed E-state index contributed by atoms with van der Waals surface area (Å²) < 4.78 is 9.10. The van der Waals surface area contributed by atoms with E-state index in [1.807, 2.05) is 66.5 Å². The molecule has 0 bridgehead atoms. The van der Waals surface area contributed by atoms with E-state index in [1.54, 1.807) is 19.2 Å². The highest BCUT2D eigenvalue weighted by Crippen LogP contribution is 2.25. The molecule has 0 aliphatic carbocycles. The van der Waals surface area contributed by atoms with Crippen LogP contribution in [-0.2, 0) is 22.6 Å². The predicted octanol–water partition coefficient (Wildman–Crippen LogP) is 4.20. The minimum Gasteiger partial charge on any atom is -0.462 e. The van der Waals surface area contributed by atoms with Crippen LogP contribution in [0.4, 0.5) is 5.69 Å². The van der Waals surface area contributed by atoms with Crippen molar-refractivity contribution in [3.63, 3.8) is 0 Å². The molecule has 3 aromatic rings. The summed E-state index contributed by atoms with van der Waals surface area (Å²) in [4.78, 5) is 24.9. The zero-order chi connectivity index (χ0) is 22.4. The van der Waals surface area contributed by atoms with E-state index in [9.17, 15) is 9.59 Å².